The Bertz CT molecular complexity index is 768. The predicted molar refractivity (Wildman–Crippen MR) is 90.2 cm³/mol. The zero-order valence-electron chi connectivity index (χ0n) is 12.9. The fourth-order valence-corrected chi connectivity index (χ4v) is 5.54. The van der Waals surface area contributed by atoms with Gasteiger partial charge < -0.3 is 0 Å². The van der Waals surface area contributed by atoms with E-state index in [0.717, 1.165) is 48.3 Å². The van der Waals surface area contributed by atoms with Crippen LogP contribution >= 0.6 is 11.3 Å². The summed E-state index contributed by atoms with van der Waals surface area (Å²) in [5.41, 5.74) is 3.93. The average Bonchev–Trinajstić information content (AvgIpc) is 3.08. The number of aryl methyl sites for hydroxylation is 3. The first-order valence-corrected chi connectivity index (χ1v) is 9.97. The van der Waals surface area contributed by atoms with E-state index in [-0.39, 0.29) is 0 Å². The van der Waals surface area contributed by atoms with Crippen LogP contribution in [-0.4, -0.2) is 19.9 Å². The fraction of sp³-hybridized carbons (Fsp3) is 0.438. The summed E-state index contributed by atoms with van der Waals surface area (Å²) in [5, 5.41) is 1.80. The highest BCUT2D eigenvalue weighted by Gasteiger charge is 2.31. The highest BCUT2D eigenvalue weighted by Crippen LogP contribution is 2.34. The Morgan fingerprint density at radius 1 is 1.32 bits per heavy atom. The summed E-state index contributed by atoms with van der Waals surface area (Å²) in [6.07, 6.45) is 3.42. The van der Waals surface area contributed by atoms with Crippen LogP contribution in [0.2, 0.25) is 0 Å². The average molecular weight is 336 g/mol. The third kappa shape index (κ3) is 2.54. The Kier molecular flexibility index (Phi) is 4.23. The van der Waals surface area contributed by atoms with E-state index < -0.39 is 10.0 Å². The molecule has 3 heterocycles. The van der Waals surface area contributed by atoms with Crippen molar-refractivity contribution in [2.45, 2.75) is 43.7 Å². The number of fused-ring (bicyclic) bond motifs is 1. The van der Waals surface area contributed by atoms with Crippen LogP contribution in [0.15, 0.2) is 27.8 Å². The molecule has 2 aromatic heterocycles. The molecule has 2 aromatic rings. The van der Waals surface area contributed by atoms with Crippen LogP contribution in [0.1, 0.15) is 37.2 Å². The van der Waals surface area contributed by atoms with Crippen molar-refractivity contribution in [1.82, 2.24) is 4.98 Å². The van der Waals surface area contributed by atoms with Crippen molar-refractivity contribution in [3.05, 3.63) is 40.5 Å². The Morgan fingerprint density at radius 3 is 2.77 bits per heavy atom. The van der Waals surface area contributed by atoms with Gasteiger partial charge in [-0.25, -0.2) is 8.42 Å². The number of thiophene rings is 1. The lowest BCUT2D eigenvalue weighted by atomic mass is 10.0. The smallest absolute Gasteiger partial charge is 0.264 e. The largest absolute Gasteiger partial charge is 0.273 e. The molecular formula is C16H20N2O2S2. The van der Waals surface area contributed by atoms with Gasteiger partial charge in [-0.3, -0.25) is 9.29 Å². The molecule has 22 heavy (non-hydrogen) atoms. The van der Waals surface area contributed by atoms with E-state index in [2.05, 4.69) is 13.8 Å². The second-order valence-electron chi connectivity index (χ2n) is 5.38. The molecule has 0 saturated carbocycles. The number of hydrogen-bond donors (Lipinski definition) is 0. The van der Waals surface area contributed by atoms with Gasteiger partial charge in [-0.2, -0.15) is 0 Å². The first kappa shape index (κ1) is 15.5. The van der Waals surface area contributed by atoms with Crippen LogP contribution in [0, 0.1) is 0 Å². The van der Waals surface area contributed by atoms with Crippen LogP contribution < -0.4 is 4.31 Å². The lowest BCUT2D eigenvalue weighted by Gasteiger charge is -2.30. The highest BCUT2D eigenvalue weighted by atomic mass is 32.2. The number of anilines is 1. The minimum absolute atomic E-state index is 0.401. The van der Waals surface area contributed by atoms with Crippen LogP contribution in [0.25, 0.3) is 0 Å². The van der Waals surface area contributed by atoms with E-state index in [9.17, 15) is 8.42 Å². The first-order chi connectivity index (χ1) is 10.6. The standard InChI is InChI=1S/C16H20N2O2S2/c1-3-12-11-15-14(17-13(12)4-2)7-5-9-18(15)22(19,20)16-8-6-10-21-16/h6,8,10-11H,3-5,7,9H2,1-2H3. The second kappa shape index (κ2) is 6.01. The summed E-state index contributed by atoms with van der Waals surface area (Å²) >= 11 is 1.27. The van der Waals surface area contributed by atoms with Crippen LogP contribution in [0.5, 0.6) is 0 Å². The second-order valence-corrected chi connectivity index (χ2v) is 8.42. The third-order valence-electron chi connectivity index (χ3n) is 4.05. The molecule has 0 radical (unpaired) electrons. The normalized spacial score (nSPS) is 14.9. The SMILES string of the molecule is CCc1cc2c(nc1CC)CCCN2S(=O)(=O)c1cccs1. The maximum atomic E-state index is 12.9. The third-order valence-corrected chi connectivity index (χ3v) is 7.23. The van der Waals surface area contributed by atoms with Crippen molar-refractivity contribution < 1.29 is 8.42 Å². The van der Waals surface area contributed by atoms with E-state index in [1.54, 1.807) is 21.8 Å². The maximum Gasteiger partial charge on any atom is 0.273 e. The molecule has 0 spiro atoms. The summed E-state index contributed by atoms with van der Waals surface area (Å²) in [4.78, 5) is 4.74. The van der Waals surface area contributed by atoms with Crippen LogP contribution in [0.4, 0.5) is 5.69 Å². The number of aromatic nitrogens is 1. The minimum atomic E-state index is -3.46. The Labute approximate surface area is 135 Å². The summed E-state index contributed by atoms with van der Waals surface area (Å²) < 4.78 is 27.7. The lowest BCUT2D eigenvalue weighted by molar-refractivity contribution is 0.587. The van der Waals surface area contributed by atoms with Crippen LogP contribution in [0.3, 0.4) is 0 Å². The summed E-state index contributed by atoms with van der Waals surface area (Å²) in [7, 11) is -3.46. The monoisotopic (exact) mass is 336 g/mol. The zero-order chi connectivity index (χ0) is 15.7. The van der Waals surface area contributed by atoms with E-state index in [4.69, 9.17) is 4.98 Å². The molecule has 0 unspecified atom stereocenters. The topological polar surface area (TPSA) is 50.3 Å². The highest BCUT2D eigenvalue weighted by molar-refractivity contribution is 7.94. The van der Waals surface area contributed by atoms with Gasteiger partial charge in [0.15, 0.2) is 0 Å². The van der Waals surface area contributed by atoms with Gasteiger partial charge in [-0.15, -0.1) is 11.3 Å². The quantitative estimate of drug-likeness (QED) is 0.860. The molecule has 0 amide bonds. The number of hydrogen-bond acceptors (Lipinski definition) is 4. The molecule has 1 aliphatic heterocycles. The Morgan fingerprint density at radius 2 is 2.14 bits per heavy atom. The number of rotatable bonds is 4. The molecule has 0 atom stereocenters. The van der Waals surface area contributed by atoms with Crippen molar-refractivity contribution in [2.24, 2.45) is 0 Å². The molecule has 0 N–H and O–H groups in total. The van der Waals surface area contributed by atoms with Gasteiger partial charge in [0.1, 0.15) is 4.21 Å². The van der Waals surface area contributed by atoms with Crippen molar-refractivity contribution >= 4 is 27.0 Å². The molecule has 4 nitrogen and oxygen atoms in total. The number of pyridine rings is 1. The van der Waals surface area contributed by atoms with Crippen molar-refractivity contribution in [3.63, 3.8) is 0 Å². The minimum Gasteiger partial charge on any atom is -0.264 e. The fourth-order valence-electron chi connectivity index (χ4n) is 2.91. The molecule has 1 aliphatic rings. The van der Waals surface area contributed by atoms with Crippen molar-refractivity contribution in [1.29, 1.82) is 0 Å². The van der Waals surface area contributed by atoms with E-state index in [1.165, 1.54) is 11.3 Å². The Balaban J connectivity index is 2.12. The molecule has 3 rings (SSSR count). The van der Waals surface area contributed by atoms with Gasteiger partial charge in [0.2, 0.25) is 0 Å². The maximum absolute atomic E-state index is 12.9. The Hall–Kier alpha value is -1.40. The molecule has 0 bridgehead atoms. The van der Waals surface area contributed by atoms with Gasteiger partial charge in [-0.1, -0.05) is 19.9 Å². The summed E-state index contributed by atoms with van der Waals surface area (Å²) in [5.74, 6) is 0. The van der Waals surface area contributed by atoms with Crippen molar-refractivity contribution in [3.8, 4) is 0 Å². The van der Waals surface area contributed by atoms with Gasteiger partial charge in [0.25, 0.3) is 10.0 Å². The van der Waals surface area contributed by atoms with E-state index in [0.29, 0.717) is 10.8 Å². The molecular weight excluding hydrogens is 316 g/mol. The molecule has 0 saturated heterocycles. The van der Waals surface area contributed by atoms with Gasteiger partial charge in [-0.05, 0) is 48.8 Å². The lowest BCUT2D eigenvalue weighted by Crippen LogP contribution is -2.35. The van der Waals surface area contributed by atoms with Gasteiger partial charge >= 0.3 is 0 Å². The molecule has 6 heteroatoms. The predicted octanol–water partition coefficient (Wildman–Crippen LogP) is 3.41. The molecule has 0 aliphatic carbocycles. The number of nitrogens with zero attached hydrogens (tertiary/aromatic N) is 2. The van der Waals surface area contributed by atoms with Crippen molar-refractivity contribution in [2.75, 3.05) is 10.8 Å². The summed E-state index contributed by atoms with van der Waals surface area (Å²) in [6.45, 7) is 4.71. The molecule has 0 fully saturated rings. The van der Waals surface area contributed by atoms with E-state index in [1.807, 2.05) is 6.07 Å². The van der Waals surface area contributed by atoms with Gasteiger partial charge in [0.05, 0.1) is 11.4 Å². The van der Waals surface area contributed by atoms with Gasteiger partial charge in [0, 0.05) is 12.2 Å². The zero-order valence-corrected chi connectivity index (χ0v) is 14.5. The first-order valence-electron chi connectivity index (χ1n) is 7.65. The summed E-state index contributed by atoms with van der Waals surface area (Å²) in [6, 6.07) is 5.48. The molecule has 118 valence electrons. The number of sulfonamides is 1. The van der Waals surface area contributed by atoms with Crippen LogP contribution in [-0.2, 0) is 29.3 Å². The molecule has 0 aromatic carbocycles. The van der Waals surface area contributed by atoms with E-state index >= 15 is 0 Å².